The number of nitrogens with zero attached hydrogens (tertiary/aromatic N) is 1. The molecule has 2 aliphatic rings. The van der Waals surface area contributed by atoms with Crippen LogP contribution < -0.4 is 21.1 Å². The van der Waals surface area contributed by atoms with Crippen LogP contribution in [-0.2, 0) is 13.0 Å². The van der Waals surface area contributed by atoms with Crippen molar-refractivity contribution >= 4 is 25.3 Å². The number of carbonyl (C=O) groups is 2. The zero-order chi connectivity index (χ0) is 27.9. The van der Waals surface area contributed by atoms with Crippen molar-refractivity contribution in [3.63, 3.8) is 0 Å². The van der Waals surface area contributed by atoms with E-state index in [0.29, 0.717) is 48.6 Å². The maximum atomic E-state index is 15.0. The molecule has 3 aromatic rings. The minimum Gasteiger partial charge on any atom is -0.491 e. The Hall–Kier alpha value is -3.32. The Kier molecular flexibility index (Phi) is 9.68. The average molecular weight is 552 g/mol. The van der Waals surface area contributed by atoms with Crippen LogP contribution >= 0.6 is 8.15 Å². The van der Waals surface area contributed by atoms with Gasteiger partial charge in [0.2, 0.25) is 5.91 Å². The first-order chi connectivity index (χ1) is 18.8. The van der Waals surface area contributed by atoms with Gasteiger partial charge in [-0.05, 0) is 86.5 Å². The van der Waals surface area contributed by atoms with Gasteiger partial charge in [0.1, 0.15) is 18.2 Å². The SMILES string of the molecule is C1CCNC1.CCc1c(C(=O)N2CCOc3ccc(-c4ccc(C(N)=O)cc4)cc3C2)ccc(P(C)O)c1F. The van der Waals surface area contributed by atoms with Gasteiger partial charge < -0.3 is 25.6 Å². The lowest BCUT2D eigenvalue weighted by atomic mass is 10.00. The van der Waals surface area contributed by atoms with Gasteiger partial charge in [0, 0.05) is 34.1 Å². The molecule has 9 heteroatoms. The van der Waals surface area contributed by atoms with Crippen molar-refractivity contribution in [1.82, 2.24) is 10.2 Å². The Morgan fingerprint density at radius 3 is 2.36 bits per heavy atom. The number of nitrogens with two attached hydrogens (primary N) is 1. The van der Waals surface area contributed by atoms with E-state index in [-0.39, 0.29) is 11.2 Å². The van der Waals surface area contributed by atoms with E-state index in [0.717, 1.165) is 16.7 Å². The first kappa shape index (κ1) is 28.7. The van der Waals surface area contributed by atoms with Crippen molar-refractivity contribution in [2.45, 2.75) is 32.7 Å². The molecule has 1 atom stereocenters. The summed E-state index contributed by atoms with van der Waals surface area (Å²) in [6, 6.07) is 15.9. The predicted molar refractivity (Wildman–Crippen MR) is 153 cm³/mol. The third-order valence-electron chi connectivity index (χ3n) is 6.94. The average Bonchev–Trinajstić information content (AvgIpc) is 3.45. The molecule has 0 aromatic heterocycles. The van der Waals surface area contributed by atoms with E-state index in [1.807, 2.05) is 30.3 Å². The van der Waals surface area contributed by atoms with Crippen LogP contribution in [0.2, 0.25) is 0 Å². The van der Waals surface area contributed by atoms with Crippen LogP contribution in [0.1, 0.15) is 51.6 Å². The fourth-order valence-electron chi connectivity index (χ4n) is 4.77. The van der Waals surface area contributed by atoms with Crippen molar-refractivity contribution in [3.8, 4) is 16.9 Å². The molecule has 39 heavy (non-hydrogen) atoms. The van der Waals surface area contributed by atoms with Gasteiger partial charge in [-0.2, -0.15) is 0 Å². The number of hydrogen-bond donors (Lipinski definition) is 3. The molecule has 0 bridgehead atoms. The zero-order valence-electron chi connectivity index (χ0n) is 22.4. The van der Waals surface area contributed by atoms with Crippen LogP contribution in [0.15, 0.2) is 54.6 Å². The van der Waals surface area contributed by atoms with Crippen LogP contribution in [0.5, 0.6) is 5.75 Å². The van der Waals surface area contributed by atoms with Gasteiger partial charge in [0.15, 0.2) is 0 Å². The molecule has 3 aromatic carbocycles. The summed E-state index contributed by atoms with van der Waals surface area (Å²) >= 11 is 0. The molecule has 206 valence electrons. The molecule has 7 nitrogen and oxygen atoms in total. The van der Waals surface area contributed by atoms with Crippen LogP contribution in [0.25, 0.3) is 11.1 Å². The lowest BCUT2D eigenvalue weighted by Gasteiger charge is -2.22. The summed E-state index contributed by atoms with van der Waals surface area (Å²) in [5.41, 5.74) is 9.04. The third kappa shape index (κ3) is 6.82. The van der Waals surface area contributed by atoms with E-state index in [9.17, 15) is 18.9 Å². The summed E-state index contributed by atoms with van der Waals surface area (Å²) in [6.45, 7) is 6.86. The number of halogens is 1. The Balaban J connectivity index is 0.000000634. The van der Waals surface area contributed by atoms with Gasteiger partial charge >= 0.3 is 0 Å². The van der Waals surface area contributed by atoms with E-state index in [2.05, 4.69) is 5.32 Å². The number of ether oxygens (including phenoxy) is 1. The fourth-order valence-corrected chi connectivity index (χ4v) is 5.48. The molecular formula is C30H35FN3O4P. The highest BCUT2D eigenvalue weighted by atomic mass is 31.1. The fraction of sp³-hybridized carbons (Fsp3) is 0.333. The van der Waals surface area contributed by atoms with Crippen molar-refractivity contribution < 1.29 is 23.6 Å². The quantitative estimate of drug-likeness (QED) is 0.413. The summed E-state index contributed by atoms with van der Waals surface area (Å²) in [5.74, 6) is -0.561. The van der Waals surface area contributed by atoms with E-state index < -0.39 is 19.9 Å². The van der Waals surface area contributed by atoms with Gasteiger partial charge in [0.05, 0.1) is 14.7 Å². The number of benzene rings is 3. The first-order valence-electron chi connectivity index (χ1n) is 13.2. The molecule has 0 spiro atoms. The van der Waals surface area contributed by atoms with Gasteiger partial charge in [-0.1, -0.05) is 25.1 Å². The Morgan fingerprint density at radius 1 is 1.08 bits per heavy atom. The number of nitrogens with one attached hydrogen (secondary N) is 1. The summed E-state index contributed by atoms with van der Waals surface area (Å²) in [7, 11) is -1.60. The van der Waals surface area contributed by atoms with Crippen LogP contribution in [0.4, 0.5) is 4.39 Å². The smallest absolute Gasteiger partial charge is 0.254 e. The molecule has 0 aliphatic carbocycles. The summed E-state index contributed by atoms with van der Waals surface area (Å²) in [5, 5.41) is 3.47. The third-order valence-corrected chi connectivity index (χ3v) is 7.99. The second-order valence-corrected chi connectivity index (χ2v) is 11.1. The highest BCUT2D eigenvalue weighted by molar-refractivity contribution is 7.59. The minimum atomic E-state index is -1.60. The Labute approximate surface area is 230 Å². The molecule has 5 rings (SSSR count). The molecule has 2 amide bonds. The van der Waals surface area contributed by atoms with E-state index in [4.69, 9.17) is 10.5 Å². The molecule has 0 saturated carbocycles. The summed E-state index contributed by atoms with van der Waals surface area (Å²) in [4.78, 5) is 36.3. The molecule has 1 fully saturated rings. The van der Waals surface area contributed by atoms with Gasteiger partial charge in [-0.25, -0.2) is 4.39 Å². The van der Waals surface area contributed by atoms with Crippen LogP contribution in [0.3, 0.4) is 0 Å². The monoisotopic (exact) mass is 551 g/mol. The molecule has 0 radical (unpaired) electrons. The maximum absolute atomic E-state index is 15.0. The van der Waals surface area contributed by atoms with Gasteiger partial charge in [-0.3, -0.25) is 9.59 Å². The topological polar surface area (TPSA) is 105 Å². The van der Waals surface area contributed by atoms with Crippen LogP contribution in [0, 0.1) is 5.82 Å². The van der Waals surface area contributed by atoms with Crippen molar-refractivity contribution in [2.24, 2.45) is 5.73 Å². The van der Waals surface area contributed by atoms with E-state index in [1.165, 1.54) is 32.0 Å². The normalized spacial score (nSPS) is 15.3. The Morgan fingerprint density at radius 2 is 1.77 bits per heavy atom. The second kappa shape index (κ2) is 13.2. The zero-order valence-corrected chi connectivity index (χ0v) is 23.3. The highest BCUT2D eigenvalue weighted by Gasteiger charge is 2.26. The second-order valence-electron chi connectivity index (χ2n) is 9.60. The number of rotatable bonds is 5. The number of primary amides is 1. The predicted octanol–water partition coefficient (Wildman–Crippen LogP) is 4.20. The number of amides is 2. The van der Waals surface area contributed by atoms with Crippen molar-refractivity contribution in [1.29, 1.82) is 0 Å². The summed E-state index contributed by atoms with van der Waals surface area (Å²) < 4.78 is 20.9. The number of hydrogen-bond acceptors (Lipinski definition) is 5. The maximum Gasteiger partial charge on any atom is 0.254 e. The summed E-state index contributed by atoms with van der Waals surface area (Å²) in [6.07, 6.45) is 3.12. The molecule has 2 aliphatic heterocycles. The first-order valence-corrected chi connectivity index (χ1v) is 14.9. The van der Waals surface area contributed by atoms with Crippen LogP contribution in [-0.4, -0.2) is 54.5 Å². The van der Waals surface area contributed by atoms with Crippen molar-refractivity contribution in [3.05, 3.63) is 82.7 Å². The molecule has 1 saturated heterocycles. The minimum absolute atomic E-state index is 0.250. The molecule has 4 N–H and O–H groups in total. The van der Waals surface area contributed by atoms with Gasteiger partial charge in [-0.15, -0.1) is 0 Å². The molecule has 1 unspecified atom stereocenters. The molecular weight excluding hydrogens is 516 g/mol. The van der Waals surface area contributed by atoms with Crippen molar-refractivity contribution in [2.75, 3.05) is 32.9 Å². The Bertz CT molecular complexity index is 1320. The lowest BCUT2D eigenvalue weighted by Crippen LogP contribution is -2.33. The van der Waals surface area contributed by atoms with E-state index >= 15 is 0 Å². The molecule has 2 heterocycles. The standard InChI is InChI=1S/C26H26FN2O4P.C4H9N/c1-3-20-21(9-11-23(24(20)27)34(2)32)26(31)29-12-13-33-22-10-8-18(14-19(22)15-29)16-4-6-17(7-5-16)25(28)30;1-2-4-5-3-1/h4-11,14,32H,3,12-13,15H2,1-2H3,(H2,28,30);5H,1-4H2. The van der Waals surface area contributed by atoms with E-state index in [1.54, 1.807) is 36.7 Å². The number of fused-ring (bicyclic) bond motifs is 1. The number of carbonyl (C=O) groups excluding carboxylic acids is 2. The highest BCUT2D eigenvalue weighted by Crippen LogP contribution is 2.31. The largest absolute Gasteiger partial charge is 0.491 e. The lowest BCUT2D eigenvalue weighted by molar-refractivity contribution is 0.0731. The van der Waals surface area contributed by atoms with Gasteiger partial charge in [0.25, 0.3) is 5.91 Å².